The van der Waals surface area contributed by atoms with Gasteiger partial charge in [-0.2, -0.15) is 0 Å². The molecule has 0 saturated carbocycles. The van der Waals surface area contributed by atoms with E-state index in [0.717, 1.165) is 16.6 Å². The fourth-order valence-corrected chi connectivity index (χ4v) is 3.50. The molecule has 3 rings (SSSR count). The van der Waals surface area contributed by atoms with Crippen molar-refractivity contribution < 1.29 is 28.4 Å². The van der Waals surface area contributed by atoms with Gasteiger partial charge in [0.1, 0.15) is 18.2 Å². The Kier molecular flexibility index (Phi) is 7.97. The molecule has 1 heterocycles. The fraction of sp³-hybridized carbons (Fsp3) is 0.481. The van der Waals surface area contributed by atoms with Crippen LogP contribution in [0, 0.1) is 0 Å². The normalized spacial score (nSPS) is 17.5. The van der Waals surface area contributed by atoms with Crippen LogP contribution in [-0.2, 0) is 36.6 Å². The van der Waals surface area contributed by atoms with Crippen molar-refractivity contribution in [2.24, 2.45) is 0 Å². The first-order chi connectivity index (χ1) is 16.3. The van der Waals surface area contributed by atoms with Crippen LogP contribution in [0.5, 0.6) is 0 Å². The van der Waals surface area contributed by atoms with Crippen molar-refractivity contribution in [1.82, 2.24) is 5.32 Å². The van der Waals surface area contributed by atoms with Crippen LogP contribution in [0.15, 0.2) is 54.6 Å². The van der Waals surface area contributed by atoms with Crippen LogP contribution in [-0.4, -0.2) is 42.0 Å². The largest absolute Gasteiger partial charge is 0.494 e. The Hall–Kier alpha value is -2.84. The summed E-state index contributed by atoms with van der Waals surface area (Å²) in [6.07, 6.45) is -0.433. The van der Waals surface area contributed by atoms with E-state index in [1.807, 2.05) is 82.3 Å². The van der Waals surface area contributed by atoms with Crippen molar-refractivity contribution in [3.63, 3.8) is 0 Å². The van der Waals surface area contributed by atoms with Crippen molar-refractivity contribution in [2.45, 2.75) is 84.3 Å². The predicted octanol–water partition coefficient (Wildman–Crippen LogP) is 4.17. The van der Waals surface area contributed by atoms with Gasteiger partial charge >= 0.3 is 19.2 Å². The zero-order valence-corrected chi connectivity index (χ0v) is 21.7. The number of amides is 1. The molecule has 0 spiro atoms. The molecule has 1 aliphatic heterocycles. The van der Waals surface area contributed by atoms with Crippen molar-refractivity contribution >= 4 is 24.6 Å². The molecule has 0 unspecified atom stereocenters. The highest BCUT2D eigenvalue weighted by Gasteiger charge is 2.51. The lowest BCUT2D eigenvalue weighted by Gasteiger charge is -2.32. The number of hydrogen-bond acceptors (Lipinski definition) is 6. The van der Waals surface area contributed by atoms with Crippen LogP contribution >= 0.6 is 0 Å². The van der Waals surface area contributed by atoms with Gasteiger partial charge in [0, 0.05) is 6.42 Å². The first-order valence-corrected chi connectivity index (χ1v) is 11.9. The van der Waals surface area contributed by atoms with Gasteiger partial charge in [-0.1, -0.05) is 54.6 Å². The molecule has 2 aromatic carbocycles. The molecule has 1 fully saturated rings. The molecule has 7 nitrogen and oxygen atoms in total. The first-order valence-electron chi connectivity index (χ1n) is 11.9. The zero-order chi connectivity index (χ0) is 25.9. The number of rotatable bonds is 7. The topological polar surface area (TPSA) is 83.1 Å². The summed E-state index contributed by atoms with van der Waals surface area (Å²) >= 11 is 0. The summed E-state index contributed by atoms with van der Waals surface area (Å²) < 4.78 is 23.1. The highest BCUT2D eigenvalue weighted by atomic mass is 16.7. The lowest BCUT2D eigenvalue weighted by molar-refractivity contribution is -0.157. The minimum Gasteiger partial charge on any atom is -0.458 e. The minimum atomic E-state index is -0.903. The SMILES string of the molecule is CC(C)(C)OC(=O)[C@H](Cc1ccc(B2OC(C)(C)C(C)(C)O2)cc1)NC(=O)OCc1ccccc1. The van der Waals surface area contributed by atoms with Crippen LogP contribution in [0.1, 0.15) is 59.6 Å². The van der Waals surface area contributed by atoms with E-state index < -0.39 is 42.0 Å². The van der Waals surface area contributed by atoms with Gasteiger partial charge in [0.2, 0.25) is 0 Å². The van der Waals surface area contributed by atoms with Gasteiger partial charge in [-0.25, -0.2) is 9.59 Å². The number of esters is 1. The van der Waals surface area contributed by atoms with Gasteiger partial charge in [-0.15, -0.1) is 0 Å². The van der Waals surface area contributed by atoms with Crippen LogP contribution in [0.4, 0.5) is 4.79 Å². The zero-order valence-electron chi connectivity index (χ0n) is 21.7. The summed E-state index contributed by atoms with van der Waals surface area (Å²) in [6.45, 7) is 13.5. The molecule has 188 valence electrons. The summed E-state index contributed by atoms with van der Waals surface area (Å²) in [4.78, 5) is 25.3. The number of alkyl carbamates (subject to hydrolysis) is 1. The van der Waals surface area contributed by atoms with E-state index >= 15 is 0 Å². The maximum absolute atomic E-state index is 12.9. The summed E-state index contributed by atoms with van der Waals surface area (Å²) in [7, 11) is -0.471. The van der Waals surface area contributed by atoms with Crippen molar-refractivity contribution in [3.05, 3.63) is 65.7 Å². The van der Waals surface area contributed by atoms with Gasteiger partial charge in [-0.3, -0.25) is 0 Å². The lowest BCUT2D eigenvalue weighted by Crippen LogP contribution is -2.45. The maximum Gasteiger partial charge on any atom is 0.494 e. The molecule has 0 radical (unpaired) electrons. The third-order valence-electron chi connectivity index (χ3n) is 6.14. The molecule has 2 aromatic rings. The molecular weight excluding hydrogens is 445 g/mol. The smallest absolute Gasteiger partial charge is 0.458 e. The highest BCUT2D eigenvalue weighted by Crippen LogP contribution is 2.36. The van der Waals surface area contributed by atoms with Crippen LogP contribution in [0.2, 0.25) is 0 Å². The van der Waals surface area contributed by atoms with E-state index in [-0.39, 0.29) is 13.0 Å². The Morgan fingerprint density at radius 2 is 1.49 bits per heavy atom. The standard InChI is InChI=1S/C27H36BNO6/c1-25(2,3)33-23(30)22(29-24(31)32-18-20-11-9-8-10-12-20)17-19-13-15-21(16-14-19)28-34-26(4,5)27(6,7)35-28/h8-16,22H,17-18H2,1-7H3,(H,29,31)/t22-/m0/s1. The lowest BCUT2D eigenvalue weighted by atomic mass is 9.78. The van der Waals surface area contributed by atoms with E-state index in [4.69, 9.17) is 18.8 Å². The molecule has 0 aromatic heterocycles. The molecule has 0 aliphatic carbocycles. The van der Waals surface area contributed by atoms with E-state index in [0.29, 0.717) is 0 Å². The van der Waals surface area contributed by atoms with Crippen LogP contribution < -0.4 is 10.8 Å². The van der Waals surface area contributed by atoms with Crippen molar-refractivity contribution in [3.8, 4) is 0 Å². The first kappa shape index (κ1) is 26.8. The molecule has 1 aliphatic rings. The Labute approximate surface area is 208 Å². The average molecular weight is 481 g/mol. The second kappa shape index (κ2) is 10.4. The second-order valence-electron chi connectivity index (χ2n) is 10.8. The highest BCUT2D eigenvalue weighted by molar-refractivity contribution is 6.62. The number of ether oxygens (including phenoxy) is 2. The van der Waals surface area contributed by atoms with Crippen molar-refractivity contribution in [1.29, 1.82) is 0 Å². The number of carbonyl (C=O) groups excluding carboxylic acids is 2. The third kappa shape index (κ3) is 7.32. The molecule has 0 bridgehead atoms. The Morgan fingerprint density at radius 1 is 0.914 bits per heavy atom. The Morgan fingerprint density at radius 3 is 2.03 bits per heavy atom. The third-order valence-corrected chi connectivity index (χ3v) is 6.14. The summed E-state index contributed by atoms with van der Waals surface area (Å²) in [5, 5.41) is 2.66. The summed E-state index contributed by atoms with van der Waals surface area (Å²) in [5.74, 6) is -0.524. The molecular formula is C27H36BNO6. The Bertz CT molecular complexity index is 998. The summed E-state index contributed by atoms with van der Waals surface area (Å²) in [5.41, 5.74) is 1.05. The number of hydrogen-bond donors (Lipinski definition) is 1. The van der Waals surface area contributed by atoms with E-state index in [1.54, 1.807) is 20.8 Å². The van der Waals surface area contributed by atoms with Crippen molar-refractivity contribution in [2.75, 3.05) is 0 Å². The molecule has 1 amide bonds. The van der Waals surface area contributed by atoms with E-state index in [1.165, 1.54) is 0 Å². The Balaban J connectivity index is 1.67. The second-order valence-corrected chi connectivity index (χ2v) is 10.8. The predicted molar refractivity (Wildman–Crippen MR) is 135 cm³/mol. The molecule has 35 heavy (non-hydrogen) atoms. The number of carbonyl (C=O) groups is 2. The maximum atomic E-state index is 12.9. The minimum absolute atomic E-state index is 0.108. The van der Waals surface area contributed by atoms with Gasteiger partial charge < -0.3 is 24.1 Å². The molecule has 1 atom stereocenters. The van der Waals surface area contributed by atoms with E-state index in [2.05, 4.69) is 5.32 Å². The van der Waals surface area contributed by atoms with Gasteiger partial charge in [0.25, 0.3) is 0 Å². The molecule has 1 saturated heterocycles. The number of benzene rings is 2. The summed E-state index contributed by atoms with van der Waals surface area (Å²) in [6, 6.07) is 16.1. The monoisotopic (exact) mass is 481 g/mol. The van der Waals surface area contributed by atoms with Crippen LogP contribution in [0.3, 0.4) is 0 Å². The molecule has 1 N–H and O–H groups in total. The van der Waals surface area contributed by atoms with E-state index in [9.17, 15) is 9.59 Å². The number of nitrogens with one attached hydrogen (secondary N) is 1. The molecule has 8 heteroatoms. The quantitative estimate of drug-likeness (QED) is 0.472. The van der Waals surface area contributed by atoms with Gasteiger partial charge in [-0.05, 0) is 65.1 Å². The van der Waals surface area contributed by atoms with Gasteiger partial charge in [0.05, 0.1) is 11.2 Å². The average Bonchev–Trinajstić information content (AvgIpc) is 2.99. The van der Waals surface area contributed by atoms with Gasteiger partial charge in [0.15, 0.2) is 0 Å². The fourth-order valence-electron chi connectivity index (χ4n) is 3.50. The van der Waals surface area contributed by atoms with Crippen LogP contribution in [0.25, 0.3) is 0 Å².